The Labute approximate surface area is 115 Å². The largest absolute Gasteiger partial charge is 0.486 e. The van der Waals surface area contributed by atoms with E-state index in [4.69, 9.17) is 9.47 Å². The zero-order valence-corrected chi connectivity index (χ0v) is 10.7. The first-order valence-corrected chi connectivity index (χ1v) is 6.31. The highest BCUT2D eigenvalue weighted by Gasteiger charge is 2.15. The highest BCUT2D eigenvalue weighted by molar-refractivity contribution is 5.51. The highest BCUT2D eigenvalue weighted by Crippen LogP contribution is 2.34. The van der Waals surface area contributed by atoms with E-state index < -0.39 is 11.6 Å². The van der Waals surface area contributed by atoms with Gasteiger partial charge in [0.15, 0.2) is 23.1 Å². The number of hydrogen-bond acceptors (Lipinski definition) is 3. The number of fused-ring (bicyclic) bond motifs is 1. The van der Waals surface area contributed by atoms with Crippen molar-refractivity contribution < 1.29 is 18.3 Å². The maximum Gasteiger partial charge on any atom is 0.181 e. The molecule has 0 aromatic heterocycles. The van der Waals surface area contributed by atoms with Crippen LogP contribution in [0.2, 0.25) is 0 Å². The lowest BCUT2D eigenvalue weighted by Gasteiger charge is -2.21. The van der Waals surface area contributed by atoms with E-state index in [1.54, 1.807) is 0 Å². The van der Waals surface area contributed by atoms with E-state index in [1.165, 1.54) is 12.1 Å². The maximum absolute atomic E-state index is 13.6. The molecule has 0 spiro atoms. The molecule has 0 atom stereocenters. The van der Waals surface area contributed by atoms with Crippen LogP contribution in [0.1, 0.15) is 5.56 Å². The van der Waals surface area contributed by atoms with Crippen LogP contribution in [0.3, 0.4) is 0 Å². The van der Waals surface area contributed by atoms with Gasteiger partial charge in [0.2, 0.25) is 0 Å². The van der Waals surface area contributed by atoms with E-state index in [0.29, 0.717) is 31.3 Å². The van der Waals surface area contributed by atoms with E-state index in [2.05, 4.69) is 5.32 Å². The van der Waals surface area contributed by atoms with Crippen molar-refractivity contribution in [2.24, 2.45) is 0 Å². The number of rotatable bonds is 3. The first-order valence-electron chi connectivity index (χ1n) is 6.31. The molecular weight excluding hydrogens is 264 g/mol. The summed E-state index contributed by atoms with van der Waals surface area (Å²) < 4.78 is 37.7. The lowest BCUT2D eigenvalue weighted by molar-refractivity contribution is 0.170. The van der Waals surface area contributed by atoms with Crippen LogP contribution in [-0.4, -0.2) is 13.2 Å². The molecule has 2 aromatic carbocycles. The third-order valence-corrected chi connectivity index (χ3v) is 3.07. The quantitative estimate of drug-likeness (QED) is 0.933. The number of para-hydroxylation sites is 1. The van der Waals surface area contributed by atoms with Crippen molar-refractivity contribution in [2.75, 3.05) is 18.5 Å². The Balaban J connectivity index is 1.80. The molecule has 0 aliphatic carbocycles. The number of hydrogen-bond donors (Lipinski definition) is 1. The summed E-state index contributed by atoms with van der Waals surface area (Å²) in [6, 6.07) is 9.55. The summed E-state index contributed by atoms with van der Waals surface area (Å²) in [4.78, 5) is 0. The molecule has 0 radical (unpaired) electrons. The standard InChI is InChI=1S/C15H13F2NO2/c16-11-4-2-5-12(14(11)17)18-9-10-3-1-6-13-15(10)20-8-7-19-13/h1-6,18H,7-9H2. The van der Waals surface area contributed by atoms with Gasteiger partial charge in [0.1, 0.15) is 13.2 Å². The zero-order chi connectivity index (χ0) is 13.9. The summed E-state index contributed by atoms with van der Waals surface area (Å²) in [6.07, 6.45) is 0. The number of anilines is 1. The highest BCUT2D eigenvalue weighted by atomic mass is 19.2. The van der Waals surface area contributed by atoms with Crippen LogP contribution in [0, 0.1) is 11.6 Å². The molecule has 5 heteroatoms. The van der Waals surface area contributed by atoms with Gasteiger partial charge in [-0.15, -0.1) is 0 Å². The number of ether oxygens (including phenoxy) is 2. The zero-order valence-electron chi connectivity index (χ0n) is 10.7. The molecule has 0 unspecified atom stereocenters. The molecule has 1 heterocycles. The van der Waals surface area contributed by atoms with E-state index in [1.807, 2.05) is 18.2 Å². The van der Waals surface area contributed by atoms with Gasteiger partial charge in [-0.25, -0.2) is 8.78 Å². The van der Waals surface area contributed by atoms with E-state index >= 15 is 0 Å². The van der Waals surface area contributed by atoms with Gasteiger partial charge in [0.05, 0.1) is 5.69 Å². The average molecular weight is 277 g/mol. The van der Waals surface area contributed by atoms with Crippen LogP contribution in [0.25, 0.3) is 0 Å². The molecule has 0 bridgehead atoms. The van der Waals surface area contributed by atoms with Crippen LogP contribution in [0.4, 0.5) is 14.5 Å². The Morgan fingerprint density at radius 2 is 1.80 bits per heavy atom. The molecule has 0 saturated carbocycles. The van der Waals surface area contributed by atoms with E-state index in [-0.39, 0.29) is 5.69 Å². The fourth-order valence-corrected chi connectivity index (χ4v) is 2.10. The summed E-state index contributed by atoms with van der Waals surface area (Å²) in [5.41, 5.74) is 0.963. The number of halogens is 2. The van der Waals surface area contributed by atoms with Crippen molar-refractivity contribution in [3.05, 3.63) is 53.6 Å². The van der Waals surface area contributed by atoms with Gasteiger partial charge in [-0.05, 0) is 18.2 Å². The topological polar surface area (TPSA) is 30.5 Å². The molecule has 2 aromatic rings. The fourth-order valence-electron chi connectivity index (χ4n) is 2.10. The smallest absolute Gasteiger partial charge is 0.181 e. The Kier molecular flexibility index (Phi) is 3.41. The van der Waals surface area contributed by atoms with E-state index in [9.17, 15) is 8.78 Å². The molecule has 1 N–H and O–H groups in total. The Morgan fingerprint density at radius 3 is 2.70 bits per heavy atom. The molecule has 3 rings (SSSR count). The lowest BCUT2D eigenvalue weighted by atomic mass is 10.1. The molecule has 0 amide bonds. The van der Waals surface area contributed by atoms with Gasteiger partial charge >= 0.3 is 0 Å². The minimum Gasteiger partial charge on any atom is -0.486 e. The first-order chi connectivity index (χ1) is 9.75. The monoisotopic (exact) mass is 277 g/mol. The van der Waals surface area contributed by atoms with Gasteiger partial charge in [-0.1, -0.05) is 18.2 Å². The van der Waals surface area contributed by atoms with Crippen LogP contribution < -0.4 is 14.8 Å². The second kappa shape index (κ2) is 5.36. The predicted molar refractivity (Wildman–Crippen MR) is 71.1 cm³/mol. The Morgan fingerprint density at radius 1 is 1.00 bits per heavy atom. The van der Waals surface area contributed by atoms with Gasteiger partial charge in [0.25, 0.3) is 0 Å². The molecule has 1 aliphatic rings. The van der Waals surface area contributed by atoms with Gasteiger partial charge in [-0.2, -0.15) is 0 Å². The maximum atomic E-state index is 13.6. The van der Waals surface area contributed by atoms with Gasteiger partial charge in [0, 0.05) is 12.1 Å². The average Bonchev–Trinajstić information content (AvgIpc) is 2.49. The summed E-state index contributed by atoms with van der Waals surface area (Å²) in [5.74, 6) is -0.419. The Hall–Kier alpha value is -2.30. The van der Waals surface area contributed by atoms with Crippen LogP contribution in [0.5, 0.6) is 11.5 Å². The summed E-state index contributed by atoms with van der Waals surface area (Å²) in [5, 5.41) is 2.87. The van der Waals surface area contributed by atoms with Crippen molar-refractivity contribution in [3.63, 3.8) is 0 Å². The van der Waals surface area contributed by atoms with Crippen LogP contribution >= 0.6 is 0 Å². The number of nitrogens with one attached hydrogen (secondary N) is 1. The second-order valence-electron chi connectivity index (χ2n) is 4.40. The molecule has 20 heavy (non-hydrogen) atoms. The molecule has 0 saturated heterocycles. The normalized spacial score (nSPS) is 13.1. The minimum absolute atomic E-state index is 0.124. The van der Waals surface area contributed by atoms with Crippen molar-refractivity contribution in [2.45, 2.75) is 6.54 Å². The lowest BCUT2D eigenvalue weighted by Crippen LogP contribution is -2.17. The van der Waals surface area contributed by atoms with Gasteiger partial charge in [-0.3, -0.25) is 0 Å². The molecule has 104 valence electrons. The Bertz CT molecular complexity index is 631. The summed E-state index contributed by atoms with van der Waals surface area (Å²) in [6.45, 7) is 1.33. The van der Waals surface area contributed by atoms with Crippen LogP contribution in [-0.2, 0) is 6.54 Å². The summed E-state index contributed by atoms with van der Waals surface area (Å²) in [7, 11) is 0. The predicted octanol–water partition coefficient (Wildman–Crippen LogP) is 3.35. The van der Waals surface area contributed by atoms with Crippen molar-refractivity contribution >= 4 is 5.69 Å². The first kappa shape index (κ1) is 12.7. The number of benzene rings is 2. The van der Waals surface area contributed by atoms with E-state index in [0.717, 1.165) is 11.6 Å². The molecule has 3 nitrogen and oxygen atoms in total. The third kappa shape index (κ3) is 2.39. The molecule has 0 fully saturated rings. The second-order valence-corrected chi connectivity index (χ2v) is 4.40. The fraction of sp³-hybridized carbons (Fsp3) is 0.200. The van der Waals surface area contributed by atoms with Crippen molar-refractivity contribution in [1.82, 2.24) is 0 Å². The molecular formula is C15H13F2NO2. The summed E-state index contributed by atoms with van der Waals surface area (Å²) >= 11 is 0. The van der Waals surface area contributed by atoms with Gasteiger partial charge < -0.3 is 14.8 Å². The SMILES string of the molecule is Fc1cccc(NCc2cccc3c2OCCO3)c1F. The minimum atomic E-state index is -0.880. The van der Waals surface area contributed by atoms with Crippen molar-refractivity contribution in [3.8, 4) is 11.5 Å². The third-order valence-electron chi connectivity index (χ3n) is 3.07. The molecule has 1 aliphatic heterocycles. The van der Waals surface area contributed by atoms with Crippen LogP contribution in [0.15, 0.2) is 36.4 Å². The van der Waals surface area contributed by atoms with Crippen molar-refractivity contribution in [1.29, 1.82) is 0 Å².